The molecule has 2 aromatic carbocycles. The zero-order valence-electron chi connectivity index (χ0n) is 13.9. The minimum atomic E-state index is -0.834. The molecule has 2 aromatic rings. The zero-order chi connectivity index (χ0) is 18.0. The monoisotopic (exact) mass is 356 g/mol. The second-order valence-electron chi connectivity index (χ2n) is 5.86. The lowest BCUT2D eigenvalue weighted by Crippen LogP contribution is -2.30. The summed E-state index contributed by atoms with van der Waals surface area (Å²) >= 11 is 5.66. The van der Waals surface area contributed by atoms with Crippen LogP contribution in [-0.4, -0.2) is 23.0 Å². The second-order valence-corrected chi connectivity index (χ2v) is 6.51. The van der Waals surface area contributed by atoms with E-state index in [1.807, 2.05) is 49.4 Å². The van der Waals surface area contributed by atoms with E-state index in [0.29, 0.717) is 12.1 Å². The highest BCUT2D eigenvalue weighted by molar-refractivity contribution is 6.54. The third kappa shape index (κ3) is 3.56. The van der Waals surface area contributed by atoms with Crippen molar-refractivity contribution in [3.63, 3.8) is 0 Å². The first-order valence-corrected chi connectivity index (χ1v) is 8.30. The number of anilines is 1. The van der Waals surface area contributed by atoms with Crippen LogP contribution >= 0.6 is 11.6 Å². The Morgan fingerprint density at radius 2 is 1.88 bits per heavy atom. The van der Waals surface area contributed by atoms with Gasteiger partial charge in [0.2, 0.25) is 0 Å². The van der Waals surface area contributed by atoms with Gasteiger partial charge in [-0.1, -0.05) is 53.2 Å². The molecule has 1 aliphatic heterocycles. The largest absolute Gasteiger partial charge is 0.352 e. The van der Waals surface area contributed by atoms with Crippen molar-refractivity contribution in [2.45, 2.75) is 25.8 Å². The lowest BCUT2D eigenvalue weighted by atomic mass is 10.1. The van der Waals surface area contributed by atoms with Crippen LogP contribution in [0.3, 0.4) is 0 Å². The molecular formula is C19H17ClN2O3. The molecule has 5 nitrogen and oxygen atoms in total. The van der Waals surface area contributed by atoms with E-state index < -0.39 is 11.3 Å². The SMILES string of the molecule is Cc1ccc(CN2C(=O)/C(=N\OC(=O)C(C)Cl)c3ccccc32)cc1. The fourth-order valence-corrected chi connectivity index (χ4v) is 2.59. The van der Waals surface area contributed by atoms with Gasteiger partial charge in [-0.05, 0) is 25.5 Å². The number of para-hydroxylation sites is 1. The average molecular weight is 357 g/mol. The number of carbonyl (C=O) groups excluding carboxylic acids is 2. The Kier molecular flexibility index (Phi) is 4.86. The van der Waals surface area contributed by atoms with E-state index in [1.165, 1.54) is 6.92 Å². The van der Waals surface area contributed by atoms with E-state index in [2.05, 4.69) is 5.16 Å². The van der Waals surface area contributed by atoms with Crippen molar-refractivity contribution < 1.29 is 14.4 Å². The molecule has 128 valence electrons. The Bertz CT molecular complexity index is 844. The standard InChI is InChI=1S/C19H17ClN2O3/c1-12-7-9-14(10-8-12)11-22-16-6-4-3-5-15(16)17(18(22)23)21-25-19(24)13(2)20/h3-10,13H,11H2,1-2H3/b21-17-. The van der Waals surface area contributed by atoms with Gasteiger partial charge < -0.3 is 9.74 Å². The van der Waals surface area contributed by atoms with Crippen molar-refractivity contribution in [2.24, 2.45) is 5.16 Å². The summed E-state index contributed by atoms with van der Waals surface area (Å²) in [4.78, 5) is 30.7. The van der Waals surface area contributed by atoms with Crippen LogP contribution in [0.4, 0.5) is 5.69 Å². The molecule has 0 saturated carbocycles. The van der Waals surface area contributed by atoms with E-state index in [0.717, 1.165) is 16.8 Å². The van der Waals surface area contributed by atoms with E-state index in [-0.39, 0.29) is 11.6 Å². The number of fused-ring (bicyclic) bond motifs is 1. The van der Waals surface area contributed by atoms with Crippen molar-refractivity contribution in [1.29, 1.82) is 0 Å². The molecule has 1 unspecified atom stereocenters. The predicted octanol–water partition coefficient (Wildman–Crippen LogP) is 3.42. The average Bonchev–Trinajstić information content (AvgIpc) is 2.86. The van der Waals surface area contributed by atoms with E-state index >= 15 is 0 Å². The van der Waals surface area contributed by atoms with Crippen LogP contribution in [0.5, 0.6) is 0 Å². The number of rotatable bonds is 4. The quantitative estimate of drug-likeness (QED) is 0.479. The Balaban J connectivity index is 1.91. The molecule has 0 saturated heterocycles. The van der Waals surface area contributed by atoms with Gasteiger partial charge in [0, 0.05) is 5.56 Å². The molecule has 0 bridgehead atoms. The molecule has 0 radical (unpaired) electrons. The molecule has 0 N–H and O–H groups in total. The summed E-state index contributed by atoms with van der Waals surface area (Å²) in [5.41, 5.74) is 3.63. The molecule has 1 aliphatic rings. The topological polar surface area (TPSA) is 59.0 Å². The van der Waals surface area contributed by atoms with Crippen LogP contribution < -0.4 is 4.90 Å². The summed E-state index contributed by atoms with van der Waals surface area (Å²) in [5, 5.41) is 2.93. The number of hydrogen-bond acceptors (Lipinski definition) is 4. The van der Waals surface area contributed by atoms with Gasteiger partial charge in [0.05, 0.1) is 12.2 Å². The normalized spacial score (nSPS) is 16.0. The number of alkyl halides is 1. The minimum Gasteiger partial charge on any atom is -0.316 e. The van der Waals surface area contributed by atoms with Crippen molar-refractivity contribution >= 4 is 34.9 Å². The Morgan fingerprint density at radius 3 is 2.56 bits per heavy atom. The van der Waals surface area contributed by atoms with Crippen molar-refractivity contribution in [2.75, 3.05) is 4.90 Å². The van der Waals surface area contributed by atoms with Gasteiger partial charge in [-0.3, -0.25) is 4.79 Å². The fourth-order valence-electron chi connectivity index (χ4n) is 2.55. The summed E-state index contributed by atoms with van der Waals surface area (Å²) in [7, 11) is 0. The number of carbonyl (C=O) groups is 2. The Labute approximate surface area is 150 Å². The highest BCUT2D eigenvalue weighted by Gasteiger charge is 2.34. The van der Waals surface area contributed by atoms with Gasteiger partial charge >= 0.3 is 5.97 Å². The molecule has 6 heteroatoms. The van der Waals surface area contributed by atoms with Gasteiger partial charge in [0.15, 0.2) is 5.71 Å². The molecule has 1 atom stereocenters. The van der Waals surface area contributed by atoms with E-state index in [1.54, 1.807) is 11.0 Å². The first kappa shape index (κ1) is 17.2. The van der Waals surface area contributed by atoms with Gasteiger partial charge in [-0.15, -0.1) is 11.6 Å². The van der Waals surface area contributed by atoms with Crippen LogP contribution in [0, 0.1) is 6.92 Å². The van der Waals surface area contributed by atoms with Crippen LogP contribution in [0.15, 0.2) is 53.7 Å². The number of benzene rings is 2. The maximum absolute atomic E-state index is 12.8. The molecule has 0 fully saturated rings. The number of oxime groups is 1. The number of hydrogen-bond donors (Lipinski definition) is 0. The highest BCUT2D eigenvalue weighted by atomic mass is 35.5. The first-order chi connectivity index (χ1) is 12.0. The molecule has 1 amide bonds. The third-order valence-corrected chi connectivity index (χ3v) is 4.09. The fraction of sp³-hybridized carbons (Fsp3) is 0.211. The first-order valence-electron chi connectivity index (χ1n) is 7.87. The van der Waals surface area contributed by atoms with Crippen molar-refractivity contribution in [1.82, 2.24) is 0 Å². The lowest BCUT2D eigenvalue weighted by Gasteiger charge is -2.16. The Morgan fingerprint density at radius 1 is 1.20 bits per heavy atom. The van der Waals surface area contributed by atoms with Crippen molar-refractivity contribution in [3.8, 4) is 0 Å². The summed E-state index contributed by atoms with van der Waals surface area (Å²) < 4.78 is 0. The van der Waals surface area contributed by atoms with E-state index in [4.69, 9.17) is 16.4 Å². The molecule has 0 spiro atoms. The maximum Gasteiger partial charge on any atom is 0.352 e. The van der Waals surface area contributed by atoms with Crippen LogP contribution in [0.2, 0.25) is 0 Å². The molecule has 3 rings (SSSR count). The predicted molar refractivity (Wildman–Crippen MR) is 96.8 cm³/mol. The zero-order valence-corrected chi connectivity index (χ0v) is 14.7. The second kappa shape index (κ2) is 7.07. The van der Waals surface area contributed by atoms with Crippen LogP contribution in [-0.2, 0) is 21.0 Å². The summed E-state index contributed by atoms with van der Waals surface area (Å²) in [5.74, 6) is -1.01. The van der Waals surface area contributed by atoms with Crippen LogP contribution in [0.25, 0.3) is 0 Å². The summed E-state index contributed by atoms with van der Waals surface area (Å²) in [6.07, 6.45) is 0. The summed E-state index contributed by atoms with van der Waals surface area (Å²) in [6, 6.07) is 15.2. The molecule has 0 aliphatic carbocycles. The number of aryl methyl sites for hydroxylation is 1. The lowest BCUT2D eigenvalue weighted by molar-refractivity contribution is -0.142. The number of amides is 1. The van der Waals surface area contributed by atoms with Crippen molar-refractivity contribution in [3.05, 3.63) is 65.2 Å². The van der Waals surface area contributed by atoms with Gasteiger partial charge in [-0.25, -0.2) is 4.79 Å². The smallest absolute Gasteiger partial charge is 0.316 e. The third-order valence-electron chi connectivity index (χ3n) is 3.91. The minimum absolute atomic E-state index is 0.105. The highest BCUT2D eigenvalue weighted by Crippen LogP contribution is 2.30. The molecule has 0 aromatic heterocycles. The summed E-state index contributed by atoms with van der Waals surface area (Å²) in [6.45, 7) is 3.91. The molecule has 25 heavy (non-hydrogen) atoms. The van der Waals surface area contributed by atoms with Gasteiger partial charge in [0.1, 0.15) is 5.38 Å². The van der Waals surface area contributed by atoms with Gasteiger partial charge in [-0.2, -0.15) is 0 Å². The maximum atomic E-state index is 12.8. The van der Waals surface area contributed by atoms with Crippen LogP contribution in [0.1, 0.15) is 23.6 Å². The molecular weight excluding hydrogens is 340 g/mol. The molecule has 1 heterocycles. The number of halogens is 1. The van der Waals surface area contributed by atoms with Gasteiger partial charge in [0.25, 0.3) is 5.91 Å². The van der Waals surface area contributed by atoms with E-state index in [9.17, 15) is 9.59 Å². The number of nitrogens with zero attached hydrogens (tertiary/aromatic N) is 2. The Hall–Kier alpha value is -2.66.